The molecule has 10 heteroatoms. The fraction of sp³-hybridized carbons (Fsp3) is 0.583. The molecule has 34 heavy (non-hydrogen) atoms. The number of aryl methyl sites for hydroxylation is 1. The van der Waals surface area contributed by atoms with Crippen molar-refractivity contribution < 1.29 is 28.7 Å². The highest BCUT2D eigenvalue weighted by Gasteiger charge is 2.16. The molecule has 1 rings (SSSR count). The Morgan fingerprint density at radius 2 is 0.971 bits per heavy atom. The number of benzene rings is 1. The van der Waals surface area contributed by atoms with Gasteiger partial charge in [-0.25, -0.2) is 9.59 Å². The van der Waals surface area contributed by atoms with Crippen LogP contribution in [-0.4, -0.2) is 98.0 Å². The summed E-state index contributed by atoms with van der Waals surface area (Å²) in [5.41, 5.74) is 3.48. The molecular weight excluding hydrogens is 440 g/mol. The molecule has 190 valence electrons. The van der Waals surface area contributed by atoms with Gasteiger partial charge in [0.25, 0.3) is 0 Å². The molecule has 4 amide bonds. The third kappa shape index (κ3) is 9.29. The topological polar surface area (TPSA) is 99.7 Å². The lowest BCUT2D eigenvalue weighted by Crippen LogP contribution is -2.36. The summed E-state index contributed by atoms with van der Waals surface area (Å²) < 4.78 is 10.9. The van der Waals surface area contributed by atoms with Gasteiger partial charge in [0.1, 0.15) is 13.2 Å². The average Bonchev–Trinajstić information content (AvgIpc) is 2.78. The summed E-state index contributed by atoms with van der Waals surface area (Å²) in [4.78, 5) is 53.1. The zero-order valence-electron chi connectivity index (χ0n) is 21.6. The minimum Gasteiger partial charge on any atom is -0.445 e. The molecule has 0 fully saturated rings. The van der Waals surface area contributed by atoms with Crippen molar-refractivity contribution in [3.8, 4) is 0 Å². The van der Waals surface area contributed by atoms with E-state index >= 15 is 0 Å². The highest BCUT2D eigenvalue weighted by Crippen LogP contribution is 2.19. The minimum absolute atomic E-state index is 0.0695. The zero-order chi connectivity index (χ0) is 26.0. The molecular formula is C24H38N4O6. The van der Waals surface area contributed by atoms with E-state index in [1.54, 1.807) is 28.2 Å². The van der Waals surface area contributed by atoms with Gasteiger partial charge in [-0.2, -0.15) is 0 Å². The van der Waals surface area contributed by atoms with Crippen LogP contribution in [0.25, 0.3) is 0 Å². The van der Waals surface area contributed by atoms with Crippen LogP contribution in [-0.2, 0) is 32.3 Å². The number of likely N-dealkylation sites (N-methyl/N-ethyl adjacent to an activating group) is 4. The molecule has 0 aliphatic heterocycles. The third-order valence-electron chi connectivity index (χ3n) is 5.71. The summed E-state index contributed by atoms with van der Waals surface area (Å²) in [5.74, 6) is -0.139. The lowest BCUT2D eigenvalue weighted by Gasteiger charge is -2.22. The molecule has 0 heterocycles. The van der Waals surface area contributed by atoms with Gasteiger partial charge in [0, 0.05) is 68.2 Å². The van der Waals surface area contributed by atoms with E-state index in [4.69, 9.17) is 9.47 Å². The molecule has 0 atom stereocenters. The lowest BCUT2D eigenvalue weighted by molar-refractivity contribution is -0.128. The average molecular weight is 479 g/mol. The van der Waals surface area contributed by atoms with Gasteiger partial charge in [-0.15, -0.1) is 0 Å². The molecule has 0 aromatic heterocycles. The van der Waals surface area contributed by atoms with Crippen LogP contribution < -0.4 is 0 Å². The first kappa shape index (κ1) is 28.7. The van der Waals surface area contributed by atoms with Crippen LogP contribution >= 0.6 is 0 Å². The molecule has 0 aliphatic rings. The highest BCUT2D eigenvalue weighted by molar-refractivity contribution is 5.73. The van der Waals surface area contributed by atoms with Crippen molar-refractivity contribution in [2.45, 2.75) is 40.9 Å². The first-order valence-corrected chi connectivity index (χ1v) is 11.1. The van der Waals surface area contributed by atoms with Gasteiger partial charge in [-0.05, 0) is 30.5 Å². The normalized spacial score (nSPS) is 10.4. The number of carbonyl (C=O) groups is 4. The summed E-state index contributed by atoms with van der Waals surface area (Å²) in [6.45, 7) is 8.47. The van der Waals surface area contributed by atoms with E-state index < -0.39 is 12.2 Å². The van der Waals surface area contributed by atoms with E-state index in [2.05, 4.69) is 0 Å². The van der Waals surface area contributed by atoms with E-state index in [0.29, 0.717) is 26.2 Å². The Morgan fingerprint density at radius 1 is 0.647 bits per heavy atom. The Bertz CT molecular complexity index is 821. The van der Waals surface area contributed by atoms with Crippen LogP contribution in [0, 0.1) is 13.8 Å². The largest absolute Gasteiger partial charge is 0.445 e. The third-order valence-corrected chi connectivity index (χ3v) is 5.71. The maximum absolute atomic E-state index is 12.3. The number of rotatable bonds is 10. The lowest BCUT2D eigenvalue weighted by atomic mass is 10.00. The second-order valence-corrected chi connectivity index (χ2v) is 8.54. The van der Waals surface area contributed by atoms with E-state index in [0.717, 1.165) is 22.3 Å². The molecule has 0 spiro atoms. The molecule has 0 saturated carbocycles. The Labute approximate surface area is 202 Å². The van der Waals surface area contributed by atoms with Crippen LogP contribution in [0.2, 0.25) is 0 Å². The first-order chi connectivity index (χ1) is 15.8. The standard InChI is InChI=1S/C24H38N4O6/c1-17-13-21(15-33-23(31)27(7)11-9-25(5)19(3)29)18(2)22(14-17)16-34-24(32)28(8)12-10-26(6)20(4)30/h13-14H,9-12,15-16H2,1-8H3. The van der Waals surface area contributed by atoms with Gasteiger partial charge in [0.2, 0.25) is 11.8 Å². The van der Waals surface area contributed by atoms with E-state index in [-0.39, 0.29) is 25.0 Å². The van der Waals surface area contributed by atoms with Gasteiger partial charge >= 0.3 is 12.2 Å². The van der Waals surface area contributed by atoms with Gasteiger partial charge in [0.15, 0.2) is 0 Å². The number of hydrogen-bond donors (Lipinski definition) is 0. The number of nitrogens with zero attached hydrogens (tertiary/aromatic N) is 4. The summed E-state index contributed by atoms with van der Waals surface area (Å²) in [7, 11) is 6.59. The molecule has 0 unspecified atom stereocenters. The van der Waals surface area contributed by atoms with Gasteiger partial charge in [-0.1, -0.05) is 17.7 Å². The fourth-order valence-corrected chi connectivity index (χ4v) is 2.91. The van der Waals surface area contributed by atoms with Crippen molar-refractivity contribution in [3.63, 3.8) is 0 Å². The molecule has 0 aliphatic carbocycles. The molecule has 0 N–H and O–H groups in total. The van der Waals surface area contributed by atoms with Crippen LogP contribution in [0.5, 0.6) is 0 Å². The smallest absolute Gasteiger partial charge is 0.409 e. The molecule has 0 bridgehead atoms. The first-order valence-electron chi connectivity index (χ1n) is 11.1. The van der Waals surface area contributed by atoms with Gasteiger partial charge in [0.05, 0.1) is 0 Å². The number of hydrogen-bond acceptors (Lipinski definition) is 6. The Kier molecular flexibility index (Phi) is 11.3. The maximum Gasteiger partial charge on any atom is 0.409 e. The van der Waals surface area contributed by atoms with Gasteiger partial charge in [-0.3, -0.25) is 9.59 Å². The second-order valence-electron chi connectivity index (χ2n) is 8.54. The summed E-state index contributed by atoms with van der Waals surface area (Å²) >= 11 is 0. The second kappa shape index (κ2) is 13.4. The van der Waals surface area contributed by atoms with Gasteiger partial charge < -0.3 is 29.1 Å². The molecule has 0 radical (unpaired) electrons. The maximum atomic E-state index is 12.3. The fourth-order valence-electron chi connectivity index (χ4n) is 2.91. The molecule has 10 nitrogen and oxygen atoms in total. The number of ether oxygens (including phenoxy) is 2. The van der Waals surface area contributed by atoms with Crippen molar-refractivity contribution >= 4 is 24.0 Å². The van der Waals surface area contributed by atoms with Crippen molar-refractivity contribution in [1.82, 2.24) is 19.6 Å². The van der Waals surface area contributed by atoms with E-state index in [1.165, 1.54) is 33.4 Å². The van der Waals surface area contributed by atoms with Crippen LogP contribution in [0.4, 0.5) is 9.59 Å². The minimum atomic E-state index is -0.483. The summed E-state index contributed by atoms with van der Waals surface area (Å²) in [5, 5.41) is 0. The Hall–Kier alpha value is -3.30. The van der Waals surface area contributed by atoms with Crippen molar-refractivity contribution in [2.75, 3.05) is 54.4 Å². The van der Waals surface area contributed by atoms with Crippen molar-refractivity contribution in [3.05, 3.63) is 34.4 Å². The zero-order valence-corrected chi connectivity index (χ0v) is 21.6. The molecule has 1 aromatic carbocycles. The SMILES string of the molecule is CC(=O)N(C)CCN(C)C(=O)OCc1cc(C)cc(COC(=O)N(C)CCN(C)C(C)=O)c1C. The van der Waals surface area contributed by atoms with Crippen molar-refractivity contribution in [1.29, 1.82) is 0 Å². The van der Waals surface area contributed by atoms with Crippen LogP contribution in [0.1, 0.15) is 36.1 Å². The molecule has 1 aromatic rings. The number of amides is 4. The summed E-state index contributed by atoms with van der Waals surface area (Å²) in [6.07, 6.45) is -0.967. The van der Waals surface area contributed by atoms with E-state index in [9.17, 15) is 19.2 Å². The van der Waals surface area contributed by atoms with Crippen LogP contribution in [0.3, 0.4) is 0 Å². The van der Waals surface area contributed by atoms with Crippen LogP contribution in [0.15, 0.2) is 12.1 Å². The quantitative estimate of drug-likeness (QED) is 0.512. The summed E-state index contributed by atoms with van der Waals surface area (Å²) in [6, 6.07) is 3.86. The predicted molar refractivity (Wildman–Crippen MR) is 128 cm³/mol. The molecule has 0 saturated heterocycles. The monoisotopic (exact) mass is 478 g/mol. The predicted octanol–water partition coefficient (Wildman–Crippen LogP) is 2.40. The Balaban J connectivity index is 2.67. The highest BCUT2D eigenvalue weighted by atomic mass is 16.6. The van der Waals surface area contributed by atoms with E-state index in [1.807, 2.05) is 26.0 Å². The van der Waals surface area contributed by atoms with Crippen molar-refractivity contribution in [2.24, 2.45) is 0 Å². The number of carbonyl (C=O) groups excluding carboxylic acids is 4. The Morgan fingerprint density at radius 3 is 1.29 bits per heavy atom.